The molecular weight excluding hydrogens is 212 g/mol. The number of aliphatic hydroxyl groups is 1. The third-order valence-corrected chi connectivity index (χ3v) is 5.13. The second-order valence-electron chi connectivity index (χ2n) is 5.98. The molecule has 2 atom stereocenters. The summed E-state index contributed by atoms with van der Waals surface area (Å²) in [5, 5.41) is 10.7. The molecule has 0 aromatic rings. The summed E-state index contributed by atoms with van der Waals surface area (Å²) in [6.07, 6.45) is 10.2. The van der Waals surface area contributed by atoms with Gasteiger partial charge in [0.25, 0.3) is 0 Å². The summed E-state index contributed by atoms with van der Waals surface area (Å²) in [5.74, 6) is 0.718. The molecule has 17 heavy (non-hydrogen) atoms. The molecule has 2 rings (SSSR count). The van der Waals surface area contributed by atoms with Gasteiger partial charge in [-0.05, 0) is 38.0 Å². The molecule has 0 spiro atoms. The zero-order valence-corrected chi connectivity index (χ0v) is 11.1. The van der Waals surface area contributed by atoms with Crippen LogP contribution < -0.4 is 0 Å². The predicted octanol–water partition coefficient (Wildman–Crippen LogP) is 3.47. The number of aliphatic hydroxyl groups excluding tert-OH is 1. The summed E-state index contributed by atoms with van der Waals surface area (Å²) >= 11 is 0. The third-order valence-electron chi connectivity index (χ3n) is 5.13. The molecule has 1 N–H and O–H groups in total. The standard InChI is InChI=1S/C15H26O2/c1-2-15(11-7-6-10-13(15)16)14(17)12-8-4-3-5-9-12/h12,14,17H,2-11H2,1H3/t14-,15-/m1/s1. The lowest BCUT2D eigenvalue weighted by atomic mass is 9.63. The van der Waals surface area contributed by atoms with E-state index in [-0.39, 0.29) is 11.5 Å². The highest BCUT2D eigenvalue weighted by atomic mass is 16.3. The van der Waals surface area contributed by atoms with Crippen molar-refractivity contribution in [2.45, 2.75) is 77.2 Å². The summed E-state index contributed by atoms with van der Waals surface area (Å²) in [7, 11) is 0. The van der Waals surface area contributed by atoms with Crippen LogP contribution in [0, 0.1) is 11.3 Å². The van der Waals surface area contributed by atoms with Gasteiger partial charge in [0.1, 0.15) is 5.78 Å². The van der Waals surface area contributed by atoms with E-state index in [0.717, 1.165) is 38.5 Å². The van der Waals surface area contributed by atoms with Gasteiger partial charge in [-0.25, -0.2) is 0 Å². The number of Topliss-reactive ketones (excluding diaryl/α,β-unsaturated/α-hetero) is 1. The van der Waals surface area contributed by atoms with Gasteiger partial charge in [0.15, 0.2) is 0 Å². The Balaban J connectivity index is 2.12. The Morgan fingerprint density at radius 3 is 2.53 bits per heavy atom. The number of ketones is 1. The van der Waals surface area contributed by atoms with Crippen molar-refractivity contribution >= 4 is 5.78 Å². The molecule has 0 radical (unpaired) electrons. The van der Waals surface area contributed by atoms with Gasteiger partial charge < -0.3 is 5.11 Å². The van der Waals surface area contributed by atoms with Crippen molar-refractivity contribution in [3.63, 3.8) is 0 Å². The summed E-state index contributed by atoms with van der Waals surface area (Å²) < 4.78 is 0. The Hall–Kier alpha value is -0.370. The molecule has 0 aromatic heterocycles. The molecule has 2 aliphatic rings. The van der Waals surface area contributed by atoms with Crippen molar-refractivity contribution in [1.29, 1.82) is 0 Å². The van der Waals surface area contributed by atoms with E-state index in [2.05, 4.69) is 6.92 Å². The maximum Gasteiger partial charge on any atom is 0.141 e. The minimum Gasteiger partial charge on any atom is -0.392 e. The monoisotopic (exact) mass is 238 g/mol. The van der Waals surface area contributed by atoms with Crippen LogP contribution in [0.1, 0.15) is 71.1 Å². The van der Waals surface area contributed by atoms with Crippen LogP contribution in [0.5, 0.6) is 0 Å². The average Bonchev–Trinajstić information content (AvgIpc) is 2.40. The van der Waals surface area contributed by atoms with Gasteiger partial charge in [0.2, 0.25) is 0 Å². The minimum atomic E-state index is -0.389. The van der Waals surface area contributed by atoms with Crippen LogP contribution in [0.2, 0.25) is 0 Å². The molecule has 0 aromatic carbocycles. The van der Waals surface area contributed by atoms with Crippen molar-refractivity contribution < 1.29 is 9.90 Å². The van der Waals surface area contributed by atoms with Gasteiger partial charge in [0, 0.05) is 6.42 Å². The molecule has 0 unspecified atom stereocenters. The number of carbonyl (C=O) groups excluding carboxylic acids is 1. The second kappa shape index (κ2) is 5.51. The molecule has 0 bridgehead atoms. The van der Waals surface area contributed by atoms with Crippen LogP contribution in [0.3, 0.4) is 0 Å². The highest BCUT2D eigenvalue weighted by Crippen LogP contribution is 2.44. The van der Waals surface area contributed by atoms with Gasteiger partial charge in [-0.2, -0.15) is 0 Å². The van der Waals surface area contributed by atoms with E-state index in [4.69, 9.17) is 0 Å². The van der Waals surface area contributed by atoms with E-state index in [1.54, 1.807) is 0 Å². The second-order valence-corrected chi connectivity index (χ2v) is 5.98. The van der Waals surface area contributed by atoms with Crippen LogP contribution >= 0.6 is 0 Å². The van der Waals surface area contributed by atoms with Crippen molar-refractivity contribution in [2.24, 2.45) is 11.3 Å². The Morgan fingerprint density at radius 1 is 1.24 bits per heavy atom. The van der Waals surface area contributed by atoms with E-state index in [1.807, 2.05) is 0 Å². The number of rotatable bonds is 3. The zero-order valence-electron chi connectivity index (χ0n) is 11.1. The van der Waals surface area contributed by atoms with Crippen LogP contribution in [-0.4, -0.2) is 17.0 Å². The van der Waals surface area contributed by atoms with Gasteiger partial charge in [0.05, 0.1) is 11.5 Å². The first-order valence-electron chi connectivity index (χ1n) is 7.42. The highest BCUT2D eigenvalue weighted by molar-refractivity contribution is 5.86. The number of carbonyl (C=O) groups is 1. The quantitative estimate of drug-likeness (QED) is 0.817. The lowest BCUT2D eigenvalue weighted by Crippen LogP contribution is -2.48. The molecule has 2 nitrogen and oxygen atoms in total. The maximum atomic E-state index is 12.3. The van der Waals surface area contributed by atoms with Crippen LogP contribution in [0.25, 0.3) is 0 Å². The Kier molecular flexibility index (Phi) is 4.24. The van der Waals surface area contributed by atoms with Crippen LogP contribution in [-0.2, 0) is 4.79 Å². The summed E-state index contributed by atoms with van der Waals surface area (Å²) in [6, 6.07) is 0. The van der Waals surface area contributed by atoms with Gasteiger partial charge in [-0.15, -0.1) is 0 Å². The molecule has 0 saturated heterocycles. The Labute approximate surface area is 105 Å². The number of hydrogen-bond acceptors (Lipinski definition) is 2. The van der Waals surface area contributed by atoms with Gasteiger partial charge >= 0.3 is 0 Å². The van der Waals surface area contributed by atoms with Crippen molar-refractivity contribution in [2.75, 3.05) is 0 Å². The van der Waals surface area contributed by atoms with E-state index in [1.165, 1.54) is 19.3 Å². The number of hydrogen-bond donors (Lipinski definition) is 1. The third kappa shape index (κ3) is 2.42. The van der Waals surface area contributed by atoms with Crippen molar-refractivity contribution in [3.05, 3.63) is 0 Å². The first-order chi connectivity index (χ1) is 8.20. The van der Waals surface area contributed by atoms with E-state index < -0.39 is 0 Å². The average molecular weight is 238 g/mol. The maximum absolute atomic E-state index is 12.3. The molecule has 0 heterocycles. The molecule has 98 valence electrons. The van der Waals surface area contributed by atoms with Crippen molar-refractivity contribution in [1.82, 2.24) is 0 Å². The Bertz CT molecular complexity index is 268. The highest BCUT2D eigenvalue weighted by Gasteiger charge is 2.47. The molecule has 2 saturated carbocycles. The lowest BCUT2D eigenvalue weighted by molar-refractivity contribution is -0.144. The Morgan fingerprint density at radius 2 is 1.94 bits per heavy atom. The van der Waals surface area contributed by atoms with Gasteiger partial charge in [-0.3, -0.25) is 4.79 Å². The van der Waals surface area contributed by atoms with E-state index >= 15 is 0 Å². The summed E-state index contributed by atoms with van der Waals surface area (Å²) in [6.45, 7) is 2.08. The van der Waals surface area contributed by atoms with Crippen LogP contribution in [0.4, 0.5) is 0 Å². The smallest absolute Gasteiger partial charge is 0.141 e. The minimum absolute atomic E-state index is 0.337. The molecule has 0 aliphatic heterocycles. The van der Waals surface area contributed by atoms with Crippen molar-refractivity contribution in [3.8, 4) is 0 Å². The normalized spacial score (nSPS) is 33.6. The van der Waals surface area contributed by atoms with E-state index in [9.17, 15) is 9.90 Å². The fraction of sp³-hybridized carbons (Fsp3) is 0.933. The lowest BCUT2D eigenvalue weighted by Gasteiger charge is -2.43. The molecule has 0 amide bonds. The van der Waals surface area contributed by atoms with E-state index in [0.29, 0.717) is 18.1 Å². The fourth-order valence-electron chi connectivity index (χ4n) is 3.91. The van der Waals surface area contributed by atoms with Gasteiger partial charge in [-0.1, -0.05) is 32.6 Å². The predicted molar refractivity (Wildman–Crippen MR) is 68.8 cm³/mol. The first-order valence-corrected chi connectivity index (χ1v) is 7.42. The SMILES string of the molecule is CC[C@@]1([C@H](O)C2CCCCC2)CCCCC1=O. The molecule has 2 heteroatoms. The first kappa shape index (κ1) is 13.1. The largest absolute Gasteiger partial charge is 0.392 e. The summed E-state index contributed by atoms with van der Waals surface area (Å²) in [4.78, 5) is 12.3. The molecular formula is C15H26O2. The fourth-order valence-corrected chi connectivity index (χ4v) is 3.91. The zero-order chi connectivity index (χ0) is 12.3. The topological polar surface area (TPSA) is 37.3 Å². The molecule has 2 aliphatic carbocycles. The van der Waals surface area contributed by atoms with Crippen LogP contribution in [0.15, 0.2) is 0 Å². The molecule has 2 fully saturated rings. The summed E-state index contributed by atoms with van der Waals surface area (Å²) in [5.41, 5.74) is -0.389.